The Hall–Kier alpha value is -3.71. The Kier molecular flexibility index (Phi) is 6.18. The third-order valence-corrected chi connectivity index (χ3v) is 5.86. The van der Waals surface area contributed by atoms with Gasteiger partial charge in [0, 0.05) is 5.56 Å². The number of carbonyl (C=O) groups excluding carboxylic acids is 2. The fourth-order valence-electron chi connectivity index (χ4n) is 3.40. The summed E-state index contributed by atoms with van der Waals surface area (Å²) in [5.41, 5.74) is 2.96. The number of benzene rings is 3. The zero-order valence-corrected chi connectivity index (χ0v) is 18.5. The number of hydrogen-bond acceptors (Lipinski definition) is 5. The van der Waals surface area contributed by atoms with Crippen molar-refractivity contribution in [2.75, 3.05) is 11.1 Å². The van der Waals surface area contributed by atoms with E-state index in [4.69, 9.17) is 0 Å². The lowest BCUT2D eigenvalue weighted by molar-refractivity contribution is -0.113. The zero-order valence-electron chi connectivity index (χ0n) is 17.7. The Morgan fingerprint density at radius 1 is 1.00 bits per heavy atom. The van der Waals surface area contributed by atoms with E-state index >= 15 is 0 Å². The van der Waals surface area contributed by atoms with Crippen molar-refractivity contribution in [3.05, 3.63) is 94.3 Å². The first kappa shape index (κ1) is 21.5. The average molecular weight is 444 g/mol. The van der Waals surface area contributed by atoms with E-state index in [0.29, 0.717) is 33.0 Å². The molecule has 4 rings (SSSR count). The van der Waals surface area contributed by atoms with E-state index in [0.717, 1.165) is 5.56 Å². The maximum Gasteiger partial charge on any atom is 0.266 e. The molecule has 0 fully saturated rings. The molecule has 1 N–H and O–H groups in total. The Balaban J connectivity index is 1.67. The lowest BCUT2D eigenvalue weighted by Gasteiger charge is -2.14. The van der Waals surface area contributed by atoms with Gasteiger partial charge in [-0.3, -0.25) is 19.0 Å². The number of hydrogen-bond donors (Lipinski definition) is 1. The molecule has 160 valence electrons. The van der Waals surface area contributed by atoms with Gasteiger partial charge in [-0.15, -0.1) is 0 Å². The van der Waals surface area contributed by atoms with Gasteiger partial charge < -0.3 is 5.32 Å². The van der Waals surface area contributed by atoms with Crippen LogP contribution >= 0.6 is 11.8 Å². The molecule has 0 radical (unpaired) electrons. The number of amides is 1. The number of Topliss-reactive ketones (excluding diaryl/α,β-unsaturated/α-hetero) is 1. The van der Waals surface area contributed by atoms with Crippen LogP contribution in [-0.4, -0.2) is 27.0 Å². The van der Waals surface area contributed by atoms with Gasteiger partial charge in [-0.25, -0.2) is 4.98 Å². The predicted molar refractivity (Wildman–Crippen MR) is 128 cm³/mol. The highest BCUT2D eigenvalue weighted by molar-refractivity contribution is 7.99. The van der Waals surface area contributed by atoms with Crippen molar-refractivity contribution in [3.63, 3.8) is 0 Å². The molecule has 4 aromatic rings. The maximum absolute atomic E-state index is 13.3. The molecule has 1 aromatic heterocycles. The van der Waals surface area contributed by atoms with Crippen molar-refractivity contribution < 1.29 is 9.59 Å². The molecule has 3 aromatic carbocycles. The number of aromatic nitrogens is 2. The summed E-state index contributed by atoms with van der Waals surface area (Å²) < 4.78 is 1.53. The molecule has 32 heavy (non-hydrogen) atoms. The molecule has 1 heterocycles. The number of ketones is 1. The van der Waals surface area contributed by atoms with Gasteiger partial charge in [-0.2, -0.15) is 0 Å². The molecule has 6 nitrogen and oxygen atoms in total. The third-order valence-electron chi connectivity index (χ3n) is 4.92. The van der Waals surface area contributed by atoms with Crippen LogP contribution in [0.4, 0.5) is 5.69 Å². The summed E-state index contributed by atoms with van der Waals surface area (Å²) in [6, 6.07) is 21.6. The monoisotopic (exact) mass is 443 g/mol. The number of nitrogens with one attached hydrogen (secondary N) is 1. The smallest absolute Gasteiger partial charge is 0.266 e. The van der Waals surface area contributed by atoms with Crippen LogP contribution in [0.3, 0.4) is 0 Å². The number of aryl methyl sites for hydroxylation is 1. The fourth-order valence-corrected chi connectivity index (χ4v) is 4.21. The molecule has 0 saturated carbocycles. The standard InChI is InChI=1S/C25H21N3O3S/c1-16-12-13-22-20(14-16)24(31)28(18-8-4-3-5-9-18)25(27-22)32-15-23(30)26-21-11-7-6-10-19(21)17(2)29/h3-14H,15H2,1-2H3,(H,26,30). The van der Waals surface area contributed by atoms with Gasteiger partial charge in [0.25, 0.3) is 5.56 Å². The number of para-hydroxylation sites is 2. The van der Waals surface area contributed by atoms with E-state index in [1.165, 1.54) is 23.3 Å². The molecule has 7 heteroatoms. The highest BCUT2D eigenvalue weighted by atomic mass is 32.2. The van der Waals surface area contributed by atoms with Crippen LogP contribution in [0.2, 0.25) is 0 Å². The molecular formula is C25H21N3O3S. The van der Waals surface area contributed by atoms with Crippen LogP contribution in [0.1, 0.15) is 22.8 Å². The van der Waals surface area contributed by atoms with Crippen molar-refractivity contribution >= 4 is 40.0 Å². The fraction of sp³-hybridized carbons (Fsp3) is 0.120. The molecule has 0 atom stereocenters. The minimum Gasteiger partial charge on any atom is -0.325 e. The Bertz CT molecular complexity index is 1380. The lowest BCUT2D eigenvalue weighted by atomic mass is 10.1. The van der Waals surface area contributed by atoms with Crippen molar-refractivity contribution in [2.45, 2.75) is 19.0 Å². The van der Waals surface area contributed by atoms with Gasteiger partial charge in [0.05, 0.1) is 28.0 Å². The van der Waals surface area contributed by atoms with E-state index < -0.39 is 0 Å². The summed E-state index contributed by atoms with van der Waals surface area (Å²) in [4.78, 5) is 42.5. The first-order chi connectivity index (χ1) is 15.4. The summed E-state index contributed by atoms with van der Waals surface area (Å²) >= 11 is 1.17. The van der Waals surface area contributed by atoms with Gasteiger partial charge in [0.15, 0.2) is 10.9 Å². The maximum atomic E-state index is 13.3. The predicted octanol–water partition coefficient (Wildman–Crippen LogP) is 4.63. The highest BCUT2D eigenvalue weighted by Crippen LogP contribution is 2.23. The normalized spacial score (nSPS) is 10.8. The van der Waals surface area contributed by atoms with Gasteiger partial charge in [0.1, 0.15) is 0 Å². The second kappa shape index (κ2) is 9.20. The molecule has 0 spiro atoms. The Labute approximate surface area is 189 Å². The first-order valence-corrected chi connectivity index (χ1v) is 11.0. The van der Waals surface area contributed by atoms with Crippen LogP contribution in [0.25, 0.3) is 16.6 Å². The summed E-state index contributed by atoms with van der Waals surface area (Å²) in [6.07, 6.45) is 0. The van der Waals surface area contributed by atoms with E-state index in [-0.39, 0.29) is 23.0 Å². The Morgan fingerprint density at radius 2 is 1.72 bits per heavy atom. The van der Waals surface area contributed by atoms with Gasteiger partial charge in [-0.05, 0) is 50.2 Å². The SMILES string of the molecule is CC(=O)c1ccccc1NC(=O)CSc1nc2ccc(C)cc2c(=O)n1-c1ccccc1. The molecule has 0 unspecified atom stereocenters. The van der Waals surface area contributed by atoms with Crippen molar-refractivity contribution in [1.82, 2.24) is 9.55 Å². The topological polar surface area (TPSA) is 81.1 Å². The summed E-state index contributed by atoms with van der Waals surface area (Å²) in [5.74, 6) is -0.386. The molecule has 1 amide bonds. The minimum absolute atomic E-state index is 0.0306. The van der Waals surface area contributed by atoms with Crippen LogP contribution < -0.4 is 10.9 Å². The second-order valence-corrected chi connectivity index (χ2v) is 8.27. The number of rotatable bonds is 6. The van der Waals surface area contributed by atoms with E-state index in [9.17, 15) is 14.4 Å². The van der Waals surface area contributed by atoms with Gasteiger partial charge >= 0.3 is 0 Å². The van der Waals surface area contributed by atoms with Gasteiger partial charge in [0.2, 0.25) is 5.91 Å². The summed E-state index contributed by atoms with van der Waals surface area (Å²) in [7, 11) is 0. The second-order valence-electron chi connectivity index (χ2n) is 7.33. The Morgan fingerprint density at radius 3 is 2.47 bits per heavy atom. The summed E-state index contributed by atoms with van der Waals surface area (Å²) in [6.45, 7) is 3.39. The quantitative estimate of drug-likeness (QED) is 0.267. The van der Waals surface area contributed by atoms with E-state index in [1.807, 2.05) is 55.5 Å². The molecule has 0 aliphatic carbocycles. The lowest BCUT2D eigenvalue weighted by Crippen LogP contribution is -2.23. The van der Waals surface area contributed by atoms with Crippen LogP contribution in [-0.2, 0) is 4.79 Å². The molecule has 0 aliphatic rings. The molecule has 0 saturated heterocycles. The van der Waals surface area contributed by atoms with Crippen LogP contribution in [0.15, 0.2) is 82.7 Å². The number of carbonyl (C=O) groups is 2. The first-order valence-electron chi connectivity index (χ1n) is 10.1. The van der Waals surface area contributed by atoms with E-state index in [2.05, 4.69) is 10.3 Å². The highest BCUT2D eigenvalue weighted by Gasteiger charge is 2.16. The number of nitrogens with zero attached hydrogens (tertiary/aromatic N) is 2. The van der Waals surface area contributed by atoms with E-state index in [1.54, 1.807) is 24.3 Å². The summed E-state index contributed by atoms with van der Waals surface area (Å²) in [5, 5.41) is 3.73. The molecular weight excluding hydrogens is 422 g/mol. The molecule has 0 bridgehead atoms. The van der Waals surface area contributed by atoms with Crippen molar-refractivity contribution in [2.24, 2.45) is 0 Å². The van der Waals surface area contributed by atoms with Crippen LogP contribution in [0, 0.1) is 6.92 Å². The van der Waals surface area contributed by atoms with Crippen LogP contribution in [0.5, 0.6) is 0 Å². The third kappa shape index (κ3) is 4.48. The average Bonchev–Trinajstić information content (AvgIpc) is 2.79. The van der Waals surface area contributed by atoms with Crippen molar-refractivity contribution in [3.8, 4) is 5.69 Å². The van der Waals surface area contributed by atoms with Gasteiger partial charge in [-0.1, -0.05) is 53.7 Å². The number of anilines is 1. The number of fused-ring (bicyclic) bond motifs is 1. The molecule has 0 aliphatic heterocycles. The zero-order chi connectivity index (χ0) is 22.7. The number of thioether (sulfide) groups is 1. The van der Waals surface area contributed by atoms with Crippen molar-refractivity contribution in [1.29, 1.82) is 0 Å². The minimum atomic E-state index is -0.290. The largest absolute Gasteiger partial charge is 0.325 e.